The lowest BCUT2D eigenvalue weighted by molar-refractivity contribution is -0.385. The van der Waals surface area contributed by atoms with Crippen LogP contribution in [0.25, 0.3) is 22.6 Å². The molecule has 2 aliphatic heterocycles. The molecule has 0 amide bonds. The van der Waals surface area contributed by atoms with Crippen LogP contribution in [0.15, 0.2) is 54.6 Å². The van der Waals surface area contributed by atoms with E-state index in [4.69, 9.17) is 28.7 Å². The van der Waals surface area contributed by atoms with Gasteiger partial charge in [0, 0.05) is 28.6 Å². The zero-order chi connectivity index (χ0) is 27.9. The molecule has 206 valence electrons. The number of nitro benzene ring substituents is 1. The highest BCUT2D eigenvalue weighted by atomic mass is 16.7. The second kappa shape index (κ2) is 10.2. The molecule has 3 aromatic carbocycles. The second-order valence-corrected chi connectivity index (χ2v) is 10.0. The van der Waals surface area contributed by atoms with Crippen molar-refractivity contribution in [2.24, 2.45) is 0 Å². The van der Waals surface area contributed by atoms with Gasteiger partial charge in [0.05, 0.1) is 28.3 Å². The molecule has 1 aliphatic carbocycles. The lowest BCUT2D eigenvalue weighted by Crippen LogP contribution is -2.17. The summed E-state index contributed by atoms with van der Waals surface area (Å²) in [6.07, 6.45) is 4.39. The van der Waals surface area contributed by atoms with Crippen LogP contribution in [-0.4, -0.2) is 29.5 Å². The molecule has 0 bridgehead atoms. The number of rotatable bonds is 5. The Bertz CT molecular complexity index is 1760. The van der Waals surface area contributed by atoms with E-state index in [0.717, 1.165) is 35.2 Å². The maximum Gasteiger partial charge on any atom is 0.339 e. The molecule has 10 nitrogen and oxygen atoms in total. The van der Waals surface area contributed by atoms with E-state index in [1.807, 2.05) is 42.5 Å². The van der Waals surface area contributed by atoms with E-state index in [-0.39, 0.29) is 32.5 Å². The monoisotopic (exact) mass is 552 g/mol. The average Bonchev–Trinajstić information content (AvgIpc) is 3.46. The zero-order valence-corrected chi connectivity index (χ0v) is 21.9. The van der Waals surface area contributed by atoms with Crippen molar-refractivity contribution in [2.45, 2.75) is 32.5 Å². The number of nitrogens with zero attached hydrogens (tertiary/aromatic N) is 2. The summed E-state index contributed by atoms with van der Waals surface area (Å²) in [6.45, 7) is 0.218. The summed E-state index contributed by atoms with van der Waals surface area (Å²) in [6, 6.07) is 16.1. The van der Waals surface area contributed by atoms with E-state index >= 15 is 0 Å². The highest BCUT2D eigenvalue weighted by molar-refractivity contribution is 6.06. The first-order valence-corrected chi connectivity index (χ1v) is 13.3. The lowest BCUT2D eigenvalue weighted by Gasteiger charge is -2.23. The third kappa shape index (κ3) is 4.62. The summed E-state index contributed by atoms with van der Waals surface area (Å²) in [5, 5.41) is 12.2. The lowest BCUT2D eigenvalue weighted by atomic mass is 9.86. The van der Waals surface area contributed by atoms with E-state index in [9.17, 15) is 14.9 Å². The van der Waals surface area contributed by atoms with Crippen LogP contribution in [0.3, 0.4) is 0 Å². The molecule has 3 aliphatic rings. The van der Waals surface area contributed by atoms with E-state index in [2.05, 4.69) is 6.08 Å². The number of ether oxygens (including phenoxy) is 5. The standard InChI is InChI=1S/C31H24N2O8/c34-31(38-15-21-13-22(33(35)36)12-20-14-37-16-41-30(20)21)28-23-5-1-2-7-25(23)32-29-19(4-3-6-24(28)29)10-18-8-9-26-27(11-18)40-17-39-26/h1-2,5,7-13H,3-4,6,14-17H2. The number of fused-ring (bicyclic) bond motifs is 4. The van der Waals surface area contributed by atoms with Crippen LogP contribution in [0.2, 0.25) is 0 Å². The molecule has 10 heteroatoms. The van der Waals surface area contributed by atoms with E-state index in [0.29, 0.717) is 51.3 Å². The molecular weight excluding hydrogens is 528 g/mol. The van der Waals surface area contributed by atoms with Gasteiger partial charge in [0.1, 0.15) is 12.4 Å². The minimum absolute atomic E-state index is 0.0206. The molecule has 0 saturated carbocycles. The number of hydrogen-bond acceptors (Lipinski definition) is 9. The first kappa shape index (κ1) is 25.0. The minimum Gasteiger partial charge on any atom is -0.467 e. The van der Waals surface area contributed by atoms with Crippen LogP contribution < -0.4 is 14.2 Å². The summed E-state index contributed by atoms with van der Waals surface area (Å²) in [4.78, 5) is 29.8. The number of non-ortho nitro benzene ring substituents is 1. The van der Waals surface area contributed by atoms with Crippen molar-refractivity contribution in [3.05, 3.63) is 98.2 Å². The Kier molecular flexibility index (Phi) is 6.24. The third-order valence-electron chi connectivity index (χ3n) is 7.45. The second-order valence-electron chi connectivity index (χ2n) is 10.0. The molecule has 0 unspecified atom stereocenters. The van der Waals surface area contributed by atoms with Crippen LogP contribution in [0.5, 0.6) is 17.2 Å². The van der Waals surface area contributed by atoms with Crippen molar-refractivity contribution in [3.63, 3.8) is 0 Å². The largest absolute Gasteiger partial charge is 0.467 e. The van der Waals surface area contributed by atoms with Gasteiger partial charge < -0.3 is 23.7 Å². The van der Waals surface area contributed by atoms with Gasteiger partial charge in [-0.3, -0.25) is 10.1 Å². The number of carbonyl (C=O) groups excluding carboxylic acids is 1. The summed E-state index contributed by atoms with van der Waals surface area (Å²) < 4.78 is 27.7. The number of allylic oxidation sites excluding steroid dienone is 1. The van der Waals surface area contributed by atoms with Gasteiger partial charge in [0.2, 0.25) is 6.79 Å². The van der Waals surface area contributed by atoms with E-state index in [1.165, 1.54) is 12.1 Å². The topological polar surface area (TPSA) is 119 Å². The van der Waals surface area contributed by atoms with Crippen LogP contribution in [-0.2, 0) is 29.1 Å². The number of benzene rings is 3. The number of pyridine rings is 1. The Morgan fingerprint density at radius 2 is 1.90 bits per heavy atom. The molecule has 0 radical (unpaired) electrons. The Morgan fingerprint density at radius 1 is 1.02 bits per heavy atom. The van der Waals surface area contributed by atoms with Gasteiger partial charge in [0.25, 0.3) is 5.69 Å². The summed E-state index contributed by atoms with van der Waals surface area (Å²) in [5.41, 5.74) is 5.57. The number of esters is 1. The fourth-order valence-corrected chi connectivity index (χ4v) is 5.62. The molecule has 0 N–H and O–H groups in total. The van der Waals surface area contributed by atoms with Gasteiger partial charge in [0.15, 0.2) is 18.3 Å². The van der Waals surface area contributed by atoms with Crippen molar-refractivity contribution in [1.82, 2.24) is 4.98 Å². The predicted molar refractivity (Wildman–Crippen MR) is 148 cm³/mol. The van der Waals surface area contributed by atoms with Crippen LogP contribution >= 0.6 is 0 Å². The number of para-hydroxylation sites is 1. The molecule has 41 heavy (non-hydrogen) atoms. The fraction of sp³-hybridized carbons (Fsp3) is 0.226. The molecule has 0 spiro atoms. The molecular formula is C31H24N2O8. The Hall–Kier alpha value is -4.96. The summed E-state index contributed by atoms with van der Waals surface area (Å²) in [7, 11) is 0. The molecule has 0 atom stereocenters. The van der Waals surface area contributed by atoms with Crippen molar-refractivity contribution >= 4 is 34.2 Å². The van der Waals surface area contributed by atoms with Gasteiger partial charge in [-0.15, -0.1) is 0 Å². The van der Waals surface area contributed by atoms with Crippen LogP contribution in [0.1, 0.15) is 51.1 Å². The first-order valence-electron chi connectivity index (χ1n) is 13.3. The van der Waals surface area contributed by atoms with Gasteiger partial charge in [-0.1, -0.05) is 24.3 Å². The molecule has 4 aromatic rings. The average molecular weight is 553 g/mol. The zero-order valence-electron chi connectivity index (χ0n) is 21.9. The van der Waals surface area contributed by atoms with E-state index in [1.54, 1.807) is 0 Å². The van der Waals surface area contributed by atoms with Gasteiger partial charge in [-0.25, -0.2) is 9.78 Å². The third-order valence-corrected chi connectivity index (χ3v) is 7.45. The summed E-state index contributed by atoms with van der Waals surface area (Å²) >= 11 is 0. The van der Waals surface area contributed by atoms with Gasteiger partial charge >= 0.3 is 5.97 Å². The molecule has 0 fully saturated rings. The van der Waals surface area contributed by atoms with Crippen molar-refractivity contribution in [2.75, 3.05) is 13.6 Å². The fourth-order valence-electron chi connectivity index (χ4n) is 5.62. The Balaban J connectivity index is 1.26. The van der Waals surface area contributed by atoms with Gasteiger partial charge in [-0.05, 0) is 60.2 Å². The first-order chi connectivity index (χ1) is 20.0. The number of aromatic nitrogens is 1. The minimum atomic E-state index is -0.517. The summed E-state index contributed by atoms with van der Waals surface area (Å²) in [5.74, 6) is 1.35. The quantitative estimate of drug-likeness (QED) is 0.167. The molecule has 0 saturated heterocycles. The molecule has 1 aromatic heterocycles. The van der Waals surface area contributed by atoms with Gasteiger partial charge in [-0.2, -0.15) is 0 Å². The Morgan fingerprint density at radius 3 is 2.80 bits per heavy atom. The highest BCUT2D eigenvalue weighted by Gasteiger charge is 2.27. The van der Waals surface area contributed by atoms with Crippen LogP contribution in [0.4, 0.5) is 5.69 Å². The van der Waals surface area contributed by atoms with Crippen molar-refractivity contribution < 1.29 is 33.4 Å². The smallest absolute Gasteiger partial charge is 0.339 e. The van der Waals surface area contributed by atoms with Crippen LogP contribution in [0, 0.1) is 10.1 Å². The molecule has 7 rings (SSSR count). The maximum atomic E-state index is 13.8. The normalized spacial score (nSPS) is 16.1. The van der Waals surface area contributed by atoms with Crippen molar-refractivity contribution in [1.29, 1.82) is 0 Å². The Labute approximate surface area is 234 Å². The number of nitro groups is 1. The maximum absolute atomic E-state index is 13.8. The number of hydrogen-bond donors (Lipinski definition) is 0. The SMILES string of the molecule is O=C(OCc1cc([N+](=O)[O-])cc2c1OCOC2)c1c2c(nc3ccccc13)C(=Cc1ccc3c(c1)OCO3)CCC2. The molecule has 3 heterocycles. The predicted octanol–water partition coefficient (Wildman–Crippen LogP) is 5.97. The number of carbonyl (C=O) groups is 1. The van der Waals surface area contributed by atoms with Crippen molar-refractivity contribution in [3.8, 4) is 17.2 Å². The van der Waals surface area contributed by atoms with E-state index < -0.39 is 10.9 Å². The highest BCUT2D eigenvalue weighted by Crippen LogP contribution is 2.39.